The summed E-state index contributed by atoms with van der Waals surface area (Å²) in [5.74, 6) is 0. The van der Waals surface area contributed by atoms with Gasteiger partial charge in [0, 0.05) is 6.20 Å². The molecule has 0 fully saturated rings. The Morgan fingerprint density at radius 2 is 2.18 bits per heavy atom. The zero-order valence-corrected chi connectivity index (χ0v) is 9.84. The number of benzene rings is 1. The quantitative estimate of drug-likeness (QED) is 0.676. The molecule has 0 amide bonds. The van der Waals surface area contributed by atoms with E-state index in [9.17, 15) is 0 Å². The molecule has 0 atom stereocenters. The van der Waals surface area contributed by atoms with E-state index in [2.05, 4.69) is 16.9 Å². The highest BCUT2D eigenvalue weighted by Crippen LogP contribution is 2.24. The number of oxazole rings is 1. The zero-order valence-electron chi connectivity index (χ0n) is 9.84. The van der Waals surface area contributed by atoms with E-state index in [0.717, 1.165) is 34.5 Å². The molecule has 0 bridgehead atoms. The van der Waals surface area contributed by atoms with Gasteiger partial charge in [-0.2, -0.15) is 0 Å². The normalized spacial score (nSPS) is 11.2. The molecule has 0 N–H and O–H groups in total. The predicted molar refractivity (Wildman–Crippen MR) is 65.2 cm³/mol. The van der Waals surface area contributed by atoms with E-state index in [4.69, 9.17) is 4.42 Å². The number of aryl methyl sites for hydroxylation is 2. The molecule has 3 rings (SSSR count). The fourth-order valence-electron chi connectivity index (χ4n) is 1.95. The molecule has 0 radical (unpaired) electrons. The molecule has 0 saturated carbocycles. The van der Waals surface area contributed by atoms with Crippen molar-refractivity contribution in [3.63, 3.8) is 0 Å². The Morgan fingerprint density at radius 1 is 1.29 bits per heavy atom. The van der Waals surface area contributed by atoms with Crippen molar-refractivity contribution in [1.29, 1.82) is 0 Å². The standard InChI is InChI=1S/C13H13N3O/c1-3-10-6-16(7-14-10)11-5-4-9(2)12-13(11)17-8-15-12/h4-8H,3H2,1-2H3. The minimum absolute atomic E-state index is 0.810. The van der Waals surface area contributed by atoms with Gasteiger partial charge in [-0.3, -0.25) is 0 Å². The number of hydrogen-bond acceptors (Lipinski definition) is 3. The average molecular weight is 227 g/mol. The Bertz CT molecular complexity index is 666. The highest BCUT2D eigenvalue weighted by Gasteiger charge is 2.10. The summed E-state index contributed by atoms with van der Waals surface area (Å²) in [6, 6.07) is 4.08. The summed E-state index contributed by atoms with van der Waals surface area (Å²) in [5, 5.41) is 0. The Hall–Kier alpha value is -2.10. The lowest BCUT2D eigenvalue weighted by Gasteiger charge is -2.03. The van der Waals surface area contributed by atoms with Gasteiger partial charge in [-0.25, -0.2) is 9.97 Å². The van der Waals surface area contributed by atoms with E-state index >= 15 is 0 Å². The van der Waals surface area contributed by atoms with Gasteiger partial charge >= 0.3 is 0 Å². The lowest BCUT2D eigenvalue weighted by atomic mass is 10.2. The Kier molecular flexibility index (Phi) is 2.21. The number of rotatable bonds is 2. The summed E-state index contributed by atoms with van der Waals surface area (Å²) < 4.78 is 7.45. The maximum atomic E-state index is 5.47. The van der Waals surface area contributed by atoms with Gasteiger partial charge in [0.25, 0.3) is 0 Å². The molecular weight excluding hydrogens is 214 g/mol. The smallest absolute Gasteiger partial charge is 0.182 e. The van der Waals surface area contributed by atoms with Crippen LogP contribution in [0.25, 0.3) is 16.8 Å². The van der Waals surface area contributed by atoms with Crippen LogP contribution in [0.15, 0.2) is 35.5 Å². The van der Waals surface area contributed by atoms with E-state index < -0.39 is 0 Å². The molecular formula is C13H13N3O. The van der Waals surface area contributed by atoms with Crippen LogP contribution in [0.1, 0.15) is 18.2 Å². The number of nitrogens with zero attached hydrogens (tertiary/aromatic N) is 3. The van der Waals surface area contributed by atoms with Crippen LogP contribution in [0.4, 0.5) is 0 Å². The maximum absolute atomic E-state index is 5.47. The molecule has 86 valence electrons. The van der Waals surface area contributed by atoms with Crippen molar-refractivity contribution in [3.8, 4) is 5.69 Å². The van der Waals surface area contributed by atoms with Gasteiger partial charge < -0.3 is 8.98 Å². The molecule has 4 heteroatoms. The minimum atomic E-state index is 0.810. The lowest BCUT2D eigenvalue weighted by molar-refractivity contribution is 0.600. The molecule has 2 heterocycles. The number of fused-ring (bicyclic) bond motifs is 1. The Balaban J connectivity index is 2.23. The van der Waals surface area contributed by atoms with Crippen LogP contribution in [0.3, 0.4) is 0 Å². The summed E-state index contributed by atoms with van der Waals surface area (Å²) in [6.07, 6.45) is 6.25. The molecule has 3 aromatic rings. The molecule has 0 unspecified atom stereocenters. The summed E-state index contributed by atoms with van der Waals surface area (Å²) in [7, 11) is 0. The topological polar surface area (TPSA) is 43.9 Å². The second-order valence-corrected chi connectivity index (χ2v) is 4.06. The van der Waals surface area contributed by atoms with Crippen molar-refractivity contribution in [2.75, 3.05) is 0 Å². The van der Waals surface area contributed by atoms with E-state index in [1.54, 1.807) is 0 Å². The van der Waals surface area contributed by atoms with Gasteiger partial charge in [-0.05, 0) is 25.0 Å². The molecule has 4 nitrogen and oxygen atoms in total. The van der Waals surface area contributed by atoms with E-state index in [1.165, 1.54) is 6.39 Å². The highest BCUT2D eigenvalue weighted by atomic mass is 16.3. The van der Waals surface area contributed by atoms with Gasteiger partial charge in [0.2, 0.25) is 0 Å². The van der Waals surface area contributed by atoms with Gasteiger partial charge in [-0.1, -0.05) is 13.0 Å². The monoisotopic (exact) mass is 227 g/mol. The average Bonchev–Trinajstić information content (AvgIpc) is 2.98. The Morgan fingerprint density at radius 3 is 2.94 bits per heavy atom. The first-order chi connectivity index (χ1) is 8.29. The number of imidazole rings is 1. The largest absolute Gasteiger partial charge is 0.441 e. The molecule has 0 aliphatic carbocycles. The third-order valence-corrected chi connectivity index (χ3v) is 2.94. The van der Waals surface area contributed by atoms with E-state index in [-0.39, 0.29) is 0 Å². The highest BCUT2D eigenvalue weighted by molar-refractivity contribution is 5.84. The summed E-state index contributed by atoms with van der Waals surface area (Å²) >= 11 is 0. The zero-order chi connectivity index (χ0) is 11.8. The third kappa shape index (κ3) is 1.53. The Labute approximate surface area is 98.9 Å². The molecule has 2 aromatic heterocycles. The van der Waals surface area contributed by atoms with Crippen LogP contribution < -0.4 is 0 Å². The van der Waals surface area contributed by atoms with E-state index in [1.807, 2.05) is 36.1 Å². The van der Waals surface area contributed by atoms with Gasteiger partial charge in [0.05, 0.1) is 17.7 Å². The molecule has 0 spiro atoms. The van der Waals surface area contributed by atoms with Crippen LogP contribution in [-0.4, -0.2) is 14.5 Å². The van der Waals surface area contributed by atoms with E-state index in [0.29, 0.717) is 0 Å². The third-order valence-electron chi connectivity index (χ3n) is 2.94. The van der Waals surface area contributed by atoms with Crippen molar-refractivity contribution >= 4 is 11.1 Å². The molecule has 17 heavy (non-hydrogen) atoms. The van der Waals surface area contributed by atoms with Crippen LogP contribution in [-0.2, 0) is 6.42 Å². The second kappa shape index (κ2) is 3.73. The first-order valence-corrected chi connectivity index (χ1v) is 5.65. The SMILES string of the molecule is CCc1cn(-c2ccc(C)c3ncoc23)cn1. The predicted octanol–water partition coefficient (Wildman–Crippen LogP) is 2.88. The fraction of sp³-hybridized carbons (Fsp3) is 0.231. The van der Waals surface area contributed by atoms with Gasteiger partial charge in [0.15, 0.2) is 12.0 Å². The fourth-order valence-corrected chi connectivity index (χ4v) is 1.95. The van der Waals surface area contributed by atoms with Crippen LogP contribution >= 0.6 is 0 Å². The molecule has 1 aromatic carbocycles. The molecule has 0 aliphatic heterocycles. The minimum Gasteiger partial charge on any atom is -0.441 e. The summed E-state index contributed by atoms with van der Waals surface area (Å²) in [4.78, 5) is 8.56. The molecule has 0 saturated heterocycles. The van der Waals surface area contributed by atoms with Crippen molar-refractivity contribution in [1.82, 2.24) is 14.5 Å². The maximum Gasteiger partial charge on any atom is 0.182 e. The second-order valence-electron chi connectivity index (χ2n) is 4.06. The first kappa shape index (κ1) is 10.1. The van der Waals surface area contributed by atoms with Gasteiger partial charge in [0.1, 0.15) is 5.52 Å². The van der Waals surface area contributed by atoms with Crippen molar-refractivity contribution in [2.24, 2.45) is 0 Å². The number of hydrogen-bond donors (Lipinski definition) is 0. The van der Waals surface area contributed by atoms with Gasteiger partial charge in [-0.15, -0.1) is 0 Å². The van der Waals surface area contributed by atoms with Crippen molar-refractivity contribution < 1.29 is 4.42 Å². The van der Waals surface area contributed by atoms with Crippen molar-refractivity contribution in [3.05, 3.63) is 42.3 Å². The summed E-state index contributed by atoms with van der Waals surface area (Å²) in [6.45, 7) is 4.12. The number of aromatic nitrogens is 3. The summed E-state index contributed by atoms with van der Waals surface area (Å²) in [5.41, 5.74) is 4.89. The first-order valence-electron chi connectivity index (χ1n) is 5.65. The van der Waals surface area contributed by atoms with Crippen LogP contribution in [0.2, 0.25) is 0 Å². The van der Waals surface area contributed by atoms with Crippen LogP contribution in [0, 0.1) is 6.92 Å². The lowest BCUT2D eigenvalue weighted by Crippen LogP contribution is -1.91. The van der Waals surface area contributed by atoms with Crippen LogP contribution in [0.5, 0.6) is 0 Å². The van der Waals surface area contributed by atoms with Crippen molar-refractivity contribution in [2.45, 2.75) is 20.3 Å². The molecule has 0 aliphatic rings.